The second kappa shape index (κ2) is 8.57. The van der Waals surface area contributed by atoms with Crippen molar-refractivity contribution < 1.29 is 4.74 Å². The van der Waals surface area contributed by atoms with Crippen LogP contribution in [0.5, 0.6) is 11.5 Å². The molecule has 1 aromatic carbocycles. The maximum Gasteiger partial charge on any atom is 0.256 e. The molecule has 1 saturated heterocycles. The molecule has 0 bridgehead atoms. The lowest BCUT2D eigenvalue weighted by Gasteiger charge is -2.16. The molecule has 0 aliphatic carbocycles. The van der Waals surface area contributed by atoms with Crippen LogP contribution in [-0.2, 0) is 0 Å². The van der Waals surface area contributed by atoms with Crippen molar-refractivity contribution in [3.63, 3.8) is 0 Å². The zero-order valence-electron chi connectivity index (χ0n) is 18.3. The fourth-order valence-electron chi connectivity index (χ4n) is 4.31. The number of imidazole rings is 1. The first-order valence-corrected chi connectivity index (χ1v) is 11.2. The van der Waals surface area contributed by atoms with Crippen LogP contribution in [-0.4, -0.2) is 31.0 Å². The van der Waals surface area contributed by atoms with Crippen molar-refractivity contribution in [1.29, 1.82) is 0 Å². The second-order valence-electron chi connectivity index (χ2n) is 8.22. The summed E-state index contributed by atoms with van der Waals surface area (Å²) in [5.41, 5.74) is 3.47. The number of aromatic nitrogens is 5. The Labute approximate surface area is 195 Å². The van der Waals surface area contributed by atoms with E-state index in [1.165, 1.54) is 10.6 Å². The van der Waals surface area contributed by atoms with Crippen LogP contribution in [0.3, 0.4) is 0 Å². The van der Waals surface area contributed by atoms with Crippen molar-refractivity contribution in [2.45, 2.75) is 18.9 Å². The molecule has 0 amide bonds. The molecule has 34 heavy (non-hydrogen) atoms. The Balaban J connectivity index is 1.37. The first kappa shape index (κ1) is 20.3. The predicted octanol–water partition coefficient (Wildman–Crippen LogP) is 4.39. The molecule has 5 heterocycles. The number of fused-ring (bicyclic) bond motifs is 1. The fraction of sp³-hybridized carbons (Fsp3) is 0.154. The van der Waals surface area contributed by atoms with Crippen molar-refractivity contribution in [3.05, 3.63) is 95.2 Å². The van der Waals surface area contributed by atoms with Crippen molar-refractivity contribution >= 4 is 11.0 Å². The van der Waals surface area contributed by atoms with Crippen LogP contribution < -0.4 is 15.6 Å². The smallest absolute Gasteiger partial charge is 0.256 e. The Hall–Kier alpha value is -4.30. The van der Waals surface area contributed by atoms with Gasteiger partial charge in [-0.2, -0.15) is 0 Å². The number of rotatable bonds is 5. The van der Waals surface area contributed by atoms with Crippen LogP contribution in [0.25, 0.3) is 28.4 Å². The van der Waals surface area contributed by atoms with Gasteiger partial charge in [0.25, 0.3) is 5.56 Å². The van der Waals surface area contributed by atoms with E-state index in [-0.39, 0.29) is 11.6 Å². The highest BCUT2D eigenvalue weighted by atomic mass is 16.5. The Kier molecular flexibility index (Phi) is 5.12. The molecule has 0 saturated carbocycles. The van der Waals surface area contributed by atoms with Crippen LogP contribution in [0.15, 0.2) is 84.0 Å². The summed E-state index contributed by atoms with van der Waals surface area (Å²) in [7, 11) is 0. The minimum atomic E-state index is -0.133. The van der Waals surface area contributed by atoms with Gasteiger partial charge in [-0.3, -0.25) is 14.3 Å². The molecule has 8 heteroatoms. The third-order valence-electron chi connectivity index (χ3n) is 5.97. The molecule has 6 rings (SSSR count). The molecular formula is C26H22N6O2. The lowest BCUT2D eigenvalue weighted by atomic mass is 10.0. The number of hydrogen-bond donors (Lipinski definition) is 2. The molecule has 0 radical (unpaired) electrons. The highest BCUT2D eigenvalue weighted by molar-refractivity contribution is 5.82. The van der Waals surface area contributed by atoms with Crippen LogP contribution in [0.4, 0.5) is 0 Å². The first-order valence-electron chi connectivity index (χ1n) is 11.2. The van der Waals surface area contributed by atoms with Crippen molar-refractivity contribution in [1.82, 2.24) is 29.8 Å². The van der Waals surface area contributed by atoms with E-state index in [4.69, 9.17) is 9.72 Å². The van der Waals surface area contributed by atoms with Gasteiger partial charge in [-0.05, 0) is 55.8 Å². The Morgan fingerprint density at radius 2 is 1.97 bits per heavy atom. The number of pyridine rings is 3. The van der Waals surface area contributed by atoms with E-state index in [0.29, 0.717) is 11.6 Å². The van der Waals surface area contributed by atoms with Gasteiger partial charge in [0, 0.05) is 36.1 Å². The van der Waals surface area contributed by atoms with E-state index < -0.39 is 0 Å². The topological polar surface area (TPSA) is 97.7 Å². The van der Waals surface area contributed by atoms with Crippen LogP contribution in [0.2, 0.25) is 0 Å². The van der Waals surface area contributed by atoms with Gasteiger partial charge in [-0.25, -0.2) is 9.97 Å². The molecule has 1 unspecified atom stereocenters. The Morgan fingerprint density at radius 3 is 2.74 bits per heavy atom. The summed E-state index contributed by atoms with van der Waals surface area (Å²) in [5.74, 6) is 2.58. The van der Waals surface area contributed by atoms with Crippen molar-refractivity contribution in [2.75, 3.05) is 6.54 Å². The maximum atomic E-state index is 12.1. The number of hydrogen-bond acceptors (Lipinski definition) is 6. The first-order chi connectivity index (χ1) is 16.7. The molecule has 0 spiro atoms. The summed E-state index contributed by atoms with van der Waals surface area (Å²) >= 11 is 0. The minimum Gasteiger partial charge on any atom is -0.455 e. The number of ether oxygens (including phenoxy) is 1. The maximum absolute atomic E-state index is 12.1. The average Bonchev–Trinajstić information content (AvgIpc) is 3.55. The van der Waals surface area contributed by atoms with Gasteiger partial charge in [-0.1, -0.05) is 12.1 Å². The summed E-state index contributed by atoms with van der Waals surface area (Å²) in [4.78, 5) is 29.1. The highest BCUT2D eigenvalue weighted by Crippen LogP contribution is 2.37. The number of aromatic amines is 1. The van der Waals surface area contributed by atoms with Crippen molar-refractivity contribution in [2.24, 2.45) is 0 Å². The van der Waals surface area contributed by atoms with E-state index in [1.54, 1.807) is 36.8 Å². The molecule has 1 aliphatic rings. The Bertz CT molecular complexity index is 1500. The summed E-state index contributed by atoms with van der Waals surface area (Å²) in [6, 6.07) is 18.6. The van der Waals surface area contributed by atoms with Crippen LogP contribution >= 0.6 is 0 Å². The molecule has 4 aromatic heterocycles. The van der Waals surface area contributed by atoms with Gasteiger partial charge in [0.2, 0.25) is 0 Å². The van der Waals surface area contributed by atoms with Gasteiger partial charge in [-0.15, -0.1) is 0 Å². The molecule has 5 aromatic rings. The van der Waals surface area contributed by atoms with E-state index in [2.05, 4.69) is 26.3 Å². The monoisotopic (exact) mass is 450 g/mol. The molecule has 8 nitrogen and oxygen atoms in total. The number of H-pyrrole nitrogens is 1. The van der Waals surface area contributed by atoms with Crippen molar-refractivity contribution in [3.8, 4) is 28.8 Å². The molecular weight excluding hydrogens is 428 g/mol. The van der Waals surface area contributed by atoms with Crippen LogP contribution in [0, 0.1) is 0 Å². The van der Waals surface area contributed by atoms with Gasteiger partial charge < -0.3 is 15.0 Å². The normalized spacial score (nSPS) is 15.6. The summed E-state index contributed by atoms with van der Waals surface area (Å²) < 4.78 is 7.80. The number of benzene rings is 1. The molecule has 1 atom stereocenters. The molecule has 2 N–H and O–H groups in total. The van der Waals surface area contributed by atoms with E-state index in [1.807, 2.05) is 30.3 Å². The average molecular weight is 451 g/mol. The zero-order valence-corrected chi connectivity index (χ0v) is 18.3. The quantitative estimate of drug-likeness (QED) is 0.412. The molecule has 1 fully saturated rings. The van der Waals surface area contributed by atoms with E-state index in [0.717, 1.165) is 53.3 Å². The highest BCUT2D eigenvalue weighted by Gasteiger charge is 2.22. The summed E-state index contributed by atoms with van der Waals surface area (Å²) in [5, 5.41) is 3.56. The molecule has 1 aliphatic heterocycles. The van der Waals surface area contributed by atoms with Gasteiger partial charge in [0.05, 0.1) is 17.2 Å². The van der Waals surface area contributed by atoms with E-state index in [9.17, 15) is 4.79 Å². The third kappa shape index (κ3) is 3.84. The molecule has 168 valence electrons. The fourth-order valence-corrected chi connectivity index (χ4v) is 4.31. The zero-order chi connectivity index (χ0) is 22.9. The largest absolute Gasteiger partial charge is 0.455 e. The summed E-state index contributed by atoms with van der Waals surface area (Å²) in [6.45, 7) is 0.979. The summed E-state index contributed by atoms with van der Waals surface area (Å²) in [6.07, 6.45) is 7.24. The lowest BCUT2D eigenvalue weighted by Crippen LogP contribution is -2.16. The van der Waals surface area contributed by atoms with Gasteiger partial charge in [0.1, 0.15) is 23.0 Å². The standard InChI is InChI=1S/C26H22N6O2/c33-25-8-2-4-13-32(25)24-10-9-17(16-29-24)34-23-15-22-21(14-18(23)19-7-5-12-27-19)30-26(31-22)20-6-1-3-11-28-20/h1-4,6,8-11,13-16,19,27H,5,7,12H2,(H,30,31). The van der Waals surface area contributed by atoms with E-state index >= 15 is 0 Å². The number of nitrogens with zero attached hydrogens (tertiary/aromatic N) is 4. The second-order valence-corrected chi connectivity index (χ2v) is 8.22. The number of nitrogens with one attached hydrogen (secondary N) is 2. The van der Waals surface area contributed by atoms with Crippen LogP contribution in [0.1, 0.15) is 24.4 Å². The Morgan fingerprint density at radius 1 is 1.03 bits per heavy atom. The SMILES string of the molecule is O=c1ccccn1-c1ccc(Oc2cc3nc(-c4ccccn4)[nH]c3cc2C2CCCN2)cn1. The minimum absolute atomic E-state index is 0.133. The lowest BCUT2D eigenvalue weighted by molar-refractivity contribution is 0.464. The third-order valence-corrected chi connectivity index (χ3v) is 5.97. The predicted molar refractivity (Wildman–Crippen MR) is 129 cm³/mol. The van der Waals surface area contributed by atoms with Gasteiger partial charge in [0.15, 0.2) is 5.82 Å². The van der Waals surface area contributed by atoms with Gasteiger partial charge >= 0.3 is 0 Å².